The van der Waals surface area contributed by atoms with Crippen LogP contribution in [0.1, 0.15) is 123 Å². The molecule has 0 aliphatic heterocycles. The summed E-state index contributed by atoms with van der Waals surface area (Å²) in [6.07, 6.45) is 22.4. The highest BCUT2D eigenvalue weighted by atomic mass is 16.6. The molecule has 0 aromatic carbocycles. The van der Waals surface area contributed by atoms with Gasteiger partial charge in [0.1, 0.15) is 0 Å². The molecule has 0 spiro atoms. The molecule has 0 bridgehead atoms. The Hall–Kier alpha value is -0.890. The summed E-state index contributed by atoms with van der Waals surface area (Å²) < 4.78 is 54.3. The van der Waals surface area contributed by atoms with Crippen molar-refractivity contribution in [2.75, 3.05) is 126 Å². The van der Waals surface area contributed by atoms with Gasteiger partial charge in [-0.3, -0.25) is 4.79 Å². The topological polar surface area (TPSA) is 109 Å². The van der Waals surface area contributed by atoms with Gasteiger partial charge in [-0.1, -0.05) is 103 Å². The number of carbonyl (C=O) groups excluding carboxylic acids is 1. The molecule has 0 saturated heterocycles. The van der Waals surface area contributed by atoms with Crippen molar-refractivity contribution < 1.29 is 52.2 Å². The minimum Gasteiger partial charge on any atom is -0.466 e. The Morgan fingerprint density at radius 2 is 0.540 bits per heavy atom. The summed E-state index contributed by atoms with van der Waals surface area (Å²) in [6, 6.07) is 0. The fraction of sp³-hybridized carbons (Fsp3) is 0.974. The van der Waals surface area contributed by atoms with E-state index in [-0.39, 0.29) is 12.4 Å². The lowest BCUT2D eigenvalue weighted by Crippen LogP contribution is -2.15. The van der Waals surface area contributed by atoms with Crippen LogP contribution in [0, 0.1) is 0 Å². The van der Waals surface area contributed by atoms with Gasteiger partial charge in [-0.05, 0) is 13.3 Å². The number of carbonyl (C=O) groups is 1. The smallest absolute Gasteiger partial charge is 0.308 e. The summed E-state index contributed by atoms with van der Waals surface area (Å²) in [6.45, 7) is 14.0. The molecule has 300 valence electrons. The van der Waals surface area contributed by atoms with E-state index in [1.165, 1.54) is 96.3 Å². The Kier molecular flexibility index (Phi) is 45.3. The molecular weight excluding hydrogens is 644 g/mol. The molecule has 0 saturated carbocycles. The Balaban J connectivity index is 3.06. The van der Waals surface area contributed by atoms with Crippen molar-refractivity contribution in [3.63, 3.8) is 0 Å². The average molecular weight is 723 g/mol. The van der Waals surface area contributed by atoms with Gasteiger partial charge in [0.05, 0.1) is 125 Å². The van der Waals surface area contributed by atoms with Crippen LogP contribution in [0.5, 0.6) is 0 Å². The van der Waals surface area contributed by atoms with Crippen LogP contribution in [0.3, 0.4) is 0 Å². The molecule has 0 atom stereocenters. The SMILES string of the molecule is CCCCCCCCCCCCCCCCCCOCCOCCOCCOCCOCCOCCOCCOCCOCCC(=O)OCC. The summed E-state index contributed by atoms with van der Waals surface area (Å²) in [5.41, 5.74) is 0. The maximum atomic E-state index is 11.2. The van der Waals surface area contributed by atoms with Gasteiger partial charge in [-0.15, -0.1) is 0 Å². The molecule has 0 rings (SSSR count). The number of hydrogen-bond donors (Lipinski definition) is 0. The molecule has 0 fully saturated rings. The fourth-order valence-electron chi connectivity index (χ4n) is 5.00. The van der Waals surface area contributed by atoms with Crippen molar-refractivity contribution in [3.05, 3.63) is 0 Å². The number of hydrogen-bond acceptors (Lipinski definition) is 11. The highest BCUT2D eigenvalue weighted by Crippen LogP contribution is 2.13. The lowest BCUT2D eigenvalue weighted by Gasteiger charge is -2.09. The van der Waals surface area contributed by atoms with Crippen molar-refractivity contribution in [1.82, 2.24) is 0 Å². The molecular formula is C39H78O11. The summed E-state index contributed by atoms with van der Waals surface area (Å²) in [4.78, 5) is 11.2. The average Bonchev–Trinajstić information content (AvgIpc) is 3.12. The third-order valence-corrected chi connectivity index (χ3v) is 7.87. The fourth-order valence-corrected chi connectivity index (χ4v) is 5.00. The van der Waals surface area contributed by atoms with Crippen LogP contribution in [-0.4, -0.2) is 132 Å². The second-order valence-electron chi connectivity index (χ2n) is 12.4. The Bertz CT molecular complexity index is 627. The lowest BCUT2D eigenvalue weighted by molar-refractivity contribution is -0.144. The molecule has 0 unspecified atom stereocenters. The van der Waals surface area contributed by atoms with E-state index < -0.39 is 0 Å². The first-order chi connectivity index (χ1) is 24.8. The van der Waals surface area contributed by atoms with Gasteiger partial charge in [-0.25, -0.2) is 0 Å². The highest BCUT2D eigenvalue weighted by Gasteiger charge is 2.01. The van der Waals surface area contributed by atoms with E-state index >= 15 is 0 Å². The van der Waals surface area contributed by atoms with E-state index in [1.807, 2.05) is 0 Å². The molecule has 0 amide bonds. The molecule has 0 radical (unpaired) electrons. The van der Waals surface area contributed by atoms with E-state index in [1.54, 1.807) is 6.92 Å². The molecule has 11 nitrogen and oxygen atoms in total. The van der Waals surface area contributed by atoms with E-state index in [9.17, 15) is 4.79 Å². The van der Waals surface area contributed by atoms with E-state index in [4.69, 9.17) is 47.4 Å². The van der Waals surface area contributed by atoms with Crippen LogP contribution in [0.25, 0.3) is 0 Å². The van der Waals surface area contributed by atoms with Crippen molar-refractivity contribution in [1.29, 1.82) is 0 Å². The zero-order valence-corrected chi connectivity index (χ0v) is 32.4. The van der Waals surface area contributed by atoms with Crippen molar-refractivity contribution in [2.24, 2.45) is 0 Å². The van der Waals surface area contributed by atoms with Crippen molar-refractivity contribution in [3.8, 4) is 0 Å². The Morgan fingerprint density at radius 3 is 0.820 bits per heavy atom. The summed E-state index contributed by atoms with van der Waals surface area (Å²) in [5, 5.41) is 0. The first kappa shape index (κ1) is 49.1. The Morgan fingerprint density at radius 1 is 0.300 bits per heavy atom. The van der Waals surface area contributed by atoms with Gasteiger partial charge in [0.15, 0.2) is 0 Å². The molecule has 0 aliphatic rings. The van der Waals surface area contributed by atoms with Crippen LogP contribution in [0.15, 0.2) is 0 Å². The normalized spacial score (nSPS) is 11.5. The monoisotopic (exact) mass is 723 g/mol. The van der Waals surface area contributed by atoms with Gasteiger partial charge >= 0.3 is 5.97 Å². The van der Waals surface area contributed by atoms with Crippen LogP contribution in [0.2, 0.25) is 0 Å². The van der Waals surface area contributed by atoms with Gasteiger partial charge < -0.3 is 47.4 Å². The quantitative estimate of drug-likeness (QED) is 0.0465. The molecule has 11 heteroatoms. The number of unbranched alkanes of at least 4 members (excludes halogenated alkanes) is 15. The molecule has 50 heavy (non-hydrogen) atoms. The number of ether oxygens (including phenoxy) is 10. The number of esters is 1. The molecule has 0 N–H and O–H groups in total. The second-order valence-corrected chi connectivity index (χ2v) is 12.4. The first-order valence-corrected chi connectivity index (χ1v) is 20.2. The largest absolute Gasteiger partial charge is 0.466 e. The zero-order chi connectivity index (χ0) is 36.1. The van der Waals surface area contributed by atoms with Crippen LogP contribution in [-0.2, 0) is 52.2 Å². The molecule has 0 heterocycles. The van der Waals surface area contributed by atoms with Crippen LogP contribution >= 0.6 is 0 Å². The van der Waals surface area contributed by atoms with Crippen molar-refractivity contribution >= 4 is 5.97 Å². The van der Waals surface area contributed by atoms with Crippen LogP contribution < -0.4 is 0 Å². The van der Waals surface area contributed by atoms with Crippen molar-refractivity contribution in [2.45, 2.75) is 123 Å². The maximum Gasteiger partial charge on any atom is 0.308 e. The molecule has 0 aliphatic carbocycles. The zero-order valence-electron chi connectivity index (χ0n) is 32.4. The first-order valence-electron chi connectivity index (χ1n) is 20.2. The predicted molar refractivity (Wildman–Crippen MR) is 198 cm³/mol. The highest BCUT2D eigenvalue weighted by molar-refractivity contribution is 5.69. The Labute approximate surface area is 306 Å². The van der Waals surface area contributed by atoms with E-state index in [2.05, 4.69) is 6.92 Å². The predicted octanol–water partition coefficient (Wildman–Crippen LogP) is 7.35. The second kappa shape index (κ2) is 46.1. The minimum absolute atomic E-state index is 0.245. The maximum absolute atomic E-state index is 11.2. The van der Waals surface area contributed by atoms with E-state index in [0.717, 1.165) is 13.0 Å². The van der Waals surface area contributed by atoms with Gasteiger partial charge in [0.25, 0.3) is 0 Å². The number of rotatable bonds is 45. The molecule has 0 aromatic rings. The molecule has 0 aromatic heterocycles. The summed E-state index contributed by atoms with van der Waals surface area (Å²) in [7, 11) is 0. The lowest BCUT2D eigenvalue weighted by atomic mass is 10.0. The van der Waals surface area contributed by atoms with Gasteiger partial charge in [0.2, 0.25) is 0 Å². The minimum atomic E-state index is -0.245. The third kappa shape index (κ3) is 45.1. The summed E-state index contributed by atoms with van der Waals surface area (Å²) in [5.74, 6) is -0.245. The van der Waals surface area contributed by atoms with Crippen LogP contribution in [0.4, 0.5) is 0 Å². The van der Waals surface area contributed by atoms with Gasteiger partial charge in [0, 0.05) is 6.61 Å². The third-order valence-electron chi connectivity index (χ3n) is 7.87. The summed E-state index contributed by atoms with van der Waals surface area (Å²) >= 11 is 0. The van der Waals surface area contributed by atoms with E-state index in [0.29, 0.717) is 119 Å². The van der Waals surface area contributed by atoms with Gasteiger partial charge in [-0.2, -0.15) is 0 Å². The standard InChI is InChI=1S/C39H78O11/c1-3-5-6-7-8-9-10-11-12-13-14-15-16-17-18-19-21-41-23-25-43-27-29-45-31-33-47-35-37-49-38-36-48-34-32-46-30-28-44-26-24-42-22-20-39(40)50-4-2/h3-38H2,1-2H3.